The number of rotatable bonds is 11. The van der Waals surface area contributed by atoms with Gasteiger partial charge in [0, 0.05) is 25.6 Å². The third-order valence-electron chi connectivity index (χ3n) is 6.06. The van der Waals surface area contributed by atoms with E-state index in [4.69, 9.17) is 17.3 Å². The number of benzene rings is 1. The van der Waals surface area contributed by atoms with E-state index in [1.165, 1.54) is 0 Å². The Labute approximate surface area is 222 Å². The minimum atomic E-state index is -0.604. The Bertz CT molecular complexity index is 1220. The fourth-order valence-electron chi connectivity index (χ4n) is 3.80. The molecule has 0 unspecified atom stereocenters. The zero-order chi connectivity index (χ0) is 26.6. The summed E-state index contributed by atoms with van der Waals surface area (Å²) in [7, 11) is 1.83. The Hall–Kier alpha value is -3.44. The van der Waals surface area contributed by atoms with Crippen LogP contribution in [0.2, 0.25) is 5.02 Å². The maximum atomic E-state index is 13.1. The highest BCUT2D eigenvalue weighted by atomic mass is 35.5. The van der Waals surface area contributed by atoms with Gasteiger partial charge in [0.15, 0.2) is 0 Å². The third-order valence-corrected chi connectivity index (χ3v) is 6.38. The molecule has 4 rings (SSSR count). The van der Waals surface area contributed by atoms with Gasteiger partial charge in [0.05, 0.1) is 16.4 Å². The summed E-state index contributed by atoms with van der Waals surface area (Å²) >= 11 is 6.44. The molecule has 6 N–H and O–H groups in total. The fourth-order valence-corrected chi connectivity index (χ4v) is 4.06. The summed E-state index contributed by atoms with van der Waals surface area (Å²) in [6, 6.07) is 8.80. The van der Waals surface area contributed by atoms with Crippen molar-refractivity contribution in [2.45, 2.75) is 52.0 Å². The van der Waals surface area contributed by atoms with Crippen molar-refractivity contribution in [1.82, 2.24) is 30.5 Å². The molecular weight excluding hydrogens is 492 g/mol. The first-order valence-electron chi connectivity index (χ1n) is 12.5. The summed E-state index contributed by atoms with van der Waals surface area (Å²) in [6.07, 6.45) is 3.00. The van der Waals surface area contributed by atoms with Crippen LogP contribution in [0, 0.1) is 5.41 Å². The van der Waals surface area contributed by atoms with Crippen molar-refractivity contribution in [3.63, 3.8) is 0 Å². The standard InChI is InChI=1S/C25H35ClN10O/c1-25(2,3)20(21(37)28-13-7-12-27)30-23-31-22(29-19-14-17(34-35-19)15-10-11-15)32-24(33-23)36(4)18-9-6-5-8-16(18)26/h5-6,8-9,14-15,20H,7,10-13,27H2,1-4H3,(H,28,37)(H3,29,30,31,32,33,34,35)/t20-/m1/s1. The minimum Gasteiger partial charge on any atom is -0.354 e. The lowest BCUT2D eigenvalue weighted by atomic mass is 9.86. The molecule has 1 aliphatic rings. The van der Waals surface area contributed by atoms with Crippen LogP contribution < -0.4 is 26.6 Å². The maximum absolute atomic E-state index is 13.1. The lowest BCUT2D eigenvalue weighted by Crippen LogP contribution is -2.48. The monoisotopic (exact) mass is 526 g/mol. The van der Waals surface area contributed by atoms with Crippen molar-refractivity contribution >= 4 is 46.9 Å². The summed E-state index contributed by atoms with van der Waals surface area (Å²) in [5.74, 6) is 1.94. The molecule has 0 radical (unpaired) electrons. The average Bonchev–Trinajstić information content (AvgIpc) is 3.60. The van der Waals surface area contributed by atoms with Gasteiger partial charge in [-0.15, -0.1) is 0 Å². The number of halogens is 1. The highest BCUT2D eigenvalue weighted by Gasteiger charge is 2.32. The van der Waals surface area contributed by atoms with Gasteiger partial charge in [-0.1, -0.05) is 44.5 Å². The van der Waals surface area contributed by atoms with Crippen LogP contribution >= 0.6 is 11.6 Å². The van der Waals surface area contributed by atoms with Crippen LogP contribution in [-0.4, -0.2) is 57.2 Å². The molecule has 3 aromatic rings. The van der Waals surface area contributed by atoms with Gasteiger partial charge in [0.25, 0.3) is 0 Å². The van der Waals surface area contributed by atoms with Crippen molar-refractivity contribution in [1.29, 1.82) is 0 Å². The second-order valence-electron chi connectivity index (χ2n) is 10.3. The van der Waals surface area contributed by atoms with E-state index in [9.17, 15) is 4.79 Å². The predicted molar refractivity (Wildman–Crippen MR) is 147 cm³/mol. The number of nitrogens with two attached hydrogens (primary N) is 1. The molecule has 1 aromatic carbocycles. The number of carbonyl (C=O) groups excluding carboxylic acids is 1. The molecule has 1 aliphatic carbocycles. The summed E-state index contributed by atoms with van der Waals surface area (Å²) < 4.78 is 0. The number of para-hydroxylation sites is 1. The van der Waals surface area contributed by atoms with Crippen LogP contribution in [0.5, 0.6) is 0 Å². The normalized spacial score (nSPS) is 14.2. The fraction of sp³-hybridized carbons (Fsp3) is 0.480. The van der Waals surface area contributed by atoms with Crippen LogP contribution in [0.3, 0.4) is 0 Å². The van der Waals surface area contributed by atoms with Gasteiger partial charge in [0.2, 0.25) is 23.8 Å². The molecule has 198 valence electrons. The SMILES string of the molecule is CN(c1nc(Nc2cc(C3CC3)n[nH]2)nc(N[C@H](C(=O)NCCCN)C(C)(C)C)n1)c1ccccc1Cl. The number of carbonyl (C=O) groups is 1. The Morgan fingerprint density at radius 3 is 2.62 bits per heavy atom. The molecule has 2 aromatic heterocycles. The Morgan fingerprint density at radius 1 is 1.22 bits per heavy atom. The van der Waals surface area contributed by atoms with Gasteiger partial charge in [-0.25, -0.2) is 0 Å². The predicted octanol–water partition coefficient (Wildman–Crippen LogP) is 3.93. The molecule has 0 spiro atoms. The number of aromatic amines is 1. The number of hydrogen-bond donors (Lipinski definition) is 5. The van der Waals surface area contributed by atoms with Crippen LogP contribution in [0.1, 0.15) is 51.6 Å². The number of hydrogen-bond acceptors (Lipinski definition) is 9. The van der Waals surface area contributed by atoms with Gasteiger partial charge < -0.3 is 26.6 Å². The van der Waals surface area contributed by atoms with Gasteiger partial charge in [0.1, 0.15) is 11.9 Å². The molecular formula is C25H35ClN10O. The van der Waals surface area contributed by atoms with Crippen molar-refractivity contribution < 1.29 is 4.79 Å². The lowest BCUT2D eigenvalue weighted by molar-refractivity contribution is -0.123. The summed E-state index contributed by atoms with van der Waals surface area (Å²) in [5.41, 5.74) is 6.91. The first-order valence-corrected chi connectivity index (χ1v) is 12.8. The van der Waals surface area contributed by atoms with Crippen molar-refractivity contribution in [3.05, 3.63) is 41.0 Å². The molecule has 0 bridgehead atoms. The lowest BCUT2D eigenvalue weighted by Gasteiger charge is -2.30. The number of nitrogens with zero attached hydrogens (tertiary/aromatic N) is 5. The number of aromatic nitrogens is 5. The first-order chi connectivity index (χ1) is 17.7. The summed E-state index contributed by atoms with van der Waals surface area (Å²) in [4.78, 5) is 28.7. The Morgan fingerprint density at radius 2 is 1.95 bits per heavy atom. The number of anilines is 5. The molecule has 1 amide bonds. The van der Waals surface area contributed by atoms with Gasteiger partial charge in [-0.3, -0.25) is 9.89 Å². The molecule has 0 aliphatic heterocycles. The largest absolute Gasteiger partial charge is 0.354 e. The molecule has 1 saturated carbocycles. The number of amides is 1. The van der Waals surface area contributed by atoms with Crippen LogP contribution in [0.15, 0.2) is 30.3 Å². The topological polar surface area (TPSA) is 150 Å². The molecule has 1 atom stereocenters. The van der Waals surface area contributed by atoms with Crippen molar-refractivity contribution in [3.8, 4) is 0 Å². The highest BCUT2D eigenvalue weighted by Crippen LogP contribution is 2.39. The van der Waals surface area contributed by atoms with E-state index in [0.717, 1.165) is 24.2 Å². The van der Waals surface area contributed by atoms with E-state index in [0.29, 0.717) is 48.2 Å². The van der Waals surface area contributed by atoms with E-state index in [2.05, 4.69) is 41.1 Å². The maximum Gasteiger partial charge on any atom is 0.243 e. The van der Waals surface area contributed by atoms with E-state index in [-0.39, 0.29) is 11.9 Å². The smallest absolute Gasteiger partial charge is 0.243 e. The van der Waals surface area contributed by atoms with Crippen LogP contribution in [0.25, 0.3) is 0 Å². The number of H-pyrrole nitrogens is 1. The molecule has 1 fully saturated rings. The zero-order valence-electron chi connectivity index (χ0n) is 21.7. The molecule has 37 heavy (non-hydrogen) atoms. The molecule has 11 nitrogen and oxygen atoms in total. The Kier molecular flexibility index (Phi) is 8.13. The number of nitrogens with one attached hydrogen (secondary N) is 4. The molecule has 12 heteroatoms. The first kappa shape index (κ1) is 26.6. The highest BCUT2D eigenvalue weighted by molar-refractivity contribution is 6.33. The quantitative estimate of drug-likeness (QED) is 0.234. The summed E-state index contributed by atoms with van der Waals surface area (Å²) in [6.45, 7) is 6.94. The van der Waals surface area contributed by atoms with Gasteiger partial charge in [-0.2, -0.15) is 20.1 Å². The Balaban J connectivity index is 1.66. The summed E-state index contributed by atoms with van der Waals surface area (Å²) in [5, 5.41) is 17.3. The average molecular weight is 527 g/mol. The van der Waals surface area contributed by atoms with E-state index in [1.54, 1.807) is 11.0 Å². The zero-order valence-corrected chi connectivity index (χ0v) is 22.4. The minimum absolute atomic E-state index is 0.153. The second kappa shape index (κ2) is 11.3. The van der Waals surface area contributed by atoms with Crippen LogP contribution in [-0.2, 0) is 4.79 Å². The van der Waals surface area contributed by atoms with E-state index >= 15 is 0 Å². The van der Waals surface area contributed by atoms with E-state index < -0.39 is 11.5 Å². The van der Waals surface area contributed by atoms with Crippen molar-refractivity contribution in [2.24, 2.45) is 11.1 Å². The van der Waals surface area contributed by atoms with Gasteiger partial charge >= 0.3 is 0 Å². The van der Waals surface area contributed by atoms with Crippen molar-refractivity contribution in [2.75, 3.05) is 35.7 Å². The van der Waals surface area contributed by atoms with E-state index in [1.807, 2.05) is 52.1 Å². The van der Waals surface area contributed by atoms with Crippen LogP contribution in [0.4, 0.5) is 29.4 Å². The molecule has 0 saturated heterocycles. The van der Waals surface area contributed by atoms with Gasteiger partial charge in [-0.05, 0) is 43.4 Å². The molecule has 2 heterocycles. The second-order valence-corrected chi connectivity index (χ2v) is 10.7. The third kappa shape index (κ3) is 6.86.